The first kappa shape index (κ1) is 22.0. The largest absolute Gasteiger partial charge is 0.490 e. The Hall–Kier alpha value is -1.02. The van der Waals surface area contributed by atoms with E-state index in [-0.39, 0.29) is 24.0 Å². The van der Waals surface area contributed by atoms with Crippen LogP contribution in [0.25, 0.3) is 0 Å². The first-order chi connectivity index (χ1) is 11.8. The lowest BCUT2D eigenvalue weighted by atomic mass is 10.1. The monoisotopic (exact) mass is 461 g/mol. The number of hydrogen-bond donors (Lipinski definition) is 1. The fourth-order valence-corrected chi connectivity index (χ4v) is 2.79. The molecular formula is C19H32IN3O2. The van der Waals surface area contributed by atoms with E-state index in [1.165, 1.54) is 6.42 Å². The van der Waals surface area contributed by atoms with Crippen LogP contribution < -0.4 is 10.1 Å². The van der Waals surface area contributed by atoms with Crippen molar-refractivity contribution in [3.8, 4) is 5.75 Å². The second kappa shape index (κ2) is 13.2. The van der Waals surface area contributed by atoms with Gasteiger partial charge in [-0.15, -0.1) is 24.0 Å². The van der Waals surface area contributed by atoms with Crippen molar-refractivity contribution in [3.63, 3.8) is 0 Å². The molecule has 1 aliphatic heterocycles. The summed E-state index contributed by atoms with van der Waals surface area (Å²) in [6.07, 6.45) is 4.63. The van der Waals surface area contributed by atoms with Gasteiger partial charge < -0.3 is 19.7 Å². The second-order valence-corrected chi connectivity index (χ2v) is 6.06. The van der Waals surface area contributed by atoms with Gasteiger partial charge in [0.15, 0.2) is 5.96 Å². The van der Waals surface area contributed by atoms with Gasteiger partial charge in [-0.05, 0) is 18.6 Å². The van der Waals surface area contributed by atoms with Gasteiger partial charge in [0.25, 0.3) is 0 Å². The zero-order valence-electron chi connectivity index (χ0n) is 15.4. The number of guanidine groups is 1. The molecular weight excluding hydrogens is 429 g/mol. The fourth-order valence-electron chi connectivity index (χ4n) is 2.79. The Balaban J connectivity index is 0.00000312. The summed E-state index contributed by atoms with van der Waals surface area (Å²) in [7, 11) is 1.84. The molecule has 0 saturated carbocycles. The number of halogens is 1. The Morgan fingerprint density at radius 2 is 1.92 bits per heavy atom. The summed E-state index contributed by atoms with van der Waals surface area (Å²) < 4.78 is 11.6. The Morgan fingerprint density at radius 1 is 1.20 bits per heavy atom. The van der Waals surface area contributed by atoms with Gasteiger partial charge in [0, 0.05) is 46.1 Å². The zero-order chi connectivity index (χ0) is 17.0. The first-order valence-corrected chi connectivity index (χ1v) is 9.08. The van der Waals surface area contributed by atoms with Gasteiger partial charge in [0.1, 0.15) is 11.9 Å². The number of unbranched alkanes of at least 4 members (excludes halogenated alkanes) is 1. The lowest BCUT2D eigenvalue weighted by Gasteiger charge is -2.34. The highest BCUT2D eigenvalue weighted by atomic mass is 127. The van der Waals surface area contributed by atoms with E-state index < -0.39 is 0 Å². The molecule has 1 fully saturated rings. The molecule has 142 valence electrons. The number of nitrogens with one attached hydrogen (secondary N) is 1. The molecule has 0 unspecified atom stereocenters. The summed E-state index contributed by atoms with van der Waals surface area (Å²) in [5.41, 5.74) is 0. The van der Waals surface area contributed by atoms with Crippen LogP contribution in [0, 0.1) is 0 Å². The third-order valence-electron chi connectivity index (χ3n) is 4.17. The molecule has 0 amide bonds. The highest BCUT2D eigenvalue weighted by Gasteiger charge is 2.22. The standard InChI is InChI=1S/C19H31N3O2.HI/c1-3-4-15-23-16-12-21-19(20-2)22-13-10-18(11-14-22)24-17-8-6-5-7-9-17;/h5-9,18H,3-4,10-16H2,1-2H3,(H,20,21);1H. The average Bonchev–Trinajstić information content (AvgIpc) is 2.63. The molecule has 0 aliphatic carbocycles. The van der Waals surface area contributed by atoms with Gasteiger partial charge in [0.2, 0.25) is 0 Å². The van der Waals surface area contributed by atoms with Crippen molar-refractivity contribution >= 4 is 29.9 Å². The number of nitrogens with zero attached hydrogens (tertiary/aromatic N) is 2. The van der Waals surface area contributed by atoms with Crippen molar-refractivity contribution < 1.29 is 9.47 Å². The van der Waals surface area contributed by atoms with Crippen LogP contribution in [-0.4, -0.2) is 56.9 Å². The normalized spacial score (nSPS) is 15.6. The molecule has 0 radical (unpaired) electrons. The van der Waals surface area contributed by atoms with Crippen LogP contribution in [0.1, 0.15) is 32.6 Å². The molecule has 2 rings (SSSR count). The molecule has 1 heterocycles. The number of para-hydroxylation sites is 1. The molecule has 0 bridgehead atoms. The predicted molar refractivity (Wildman–Crippen MR) is 114 cm³/mol. The number of aliphatic imine (C=N–C) groups is 1. The van der Waals surface area contributed by atoms with Crippen LogP contribution in [0.3, 0.4) is 0 Å². The topological polar surface area (TPSA) is 46.1 Å². The van der Waals surface area contributed by atoms with Crippen molar-refractivity contribution in [2.45, 2.75) is 38.7 Å². The maximum absolute atomic E-state index is 6.05. The van der Waals surface area contributed by atoms with Gasteiger partial charge >= 0.3 is 0 Å². The number of benzene rings is 1. The summed E-state index contributed by atoms with van der Waals surface area (Å²) in [5, 5.41) is 3.39. The summed E-state index contributed by atoms with van der Waals surface area (Å²) >= 11 is 0. The molecule has 1 aromatic carbocycles. The average molecular weight is 461 g/mol. The molecule has 1 N–H and O–H groups in total. The molecule has 1 aromatic rings. The Kier molecular flexibility index (Phi) is 11.6. The van der Waals surface area contributed by atoms with E-state index in [0.717, 1.165) is 63.8 Å². The molecule has 0 aromatic heterocycles. The number of ether oxygens (including phenoxy) is 2. The van der Waals surface area contributed by atoms with Gasteiger partial charge in [-0.2, -0.15) is 0 Å². The summed E-state index contributed by atoms with van der Waals surface area (Å²) in [5.74, 6) is 1.93. The summed E-state index contributed by atoms with van der Waals surface area (Å²) in [4.78, 5) is 6.69. The highest BCUT2D eigenvalue weighted by molar-refractivity contribution is 14.0. The van der Waals surface area contributed by atoms with E-state index in [0.29, 0.717) is 6.10 Å². The van der Waals surface area contributed by atoms with Crippen molar-refractivity contribution in [1.29, 1.82) is 0 Å². The van der Waals surface area contributed by atoms with Crippen molar-refractivity contribution in [1.82, 2.24) is 10.2 Å². The summed E-state index contributed by atoms with van der Waals surface area (Å²) in [6.45, 7) is 6.48. The molecule has 25 heavy (non-hydrogen) atoms. The van der Waals surface area contributed by atoms with Gasteiger partial charge in [-0.25, -0.2) is 0 Å². The minimum absolute atomic E-state index is 0. The molecule has 0 atom stereocenters. The van der Waals surface area contributed by atoms with Crippen LogP contribution in [-0.2, 0) is 4.74 Å². The number of hydrogen-bond acceptors (Lipinski definition) is 3. The number of rotatable bonds is 8. The maximum atomic E-state index is 6.05. The predicted octanol–water partition coefficient (Wildman–Crippen LogP) is 3.54. The zero-order valence-corrected chi connectivity index (χ0v) is 17.8. The van der Waals surface area contributed by atoms with Crippen molar-refractivity contribution in [2.75, 3.05) is 39.9 Å². The van der Waals surface area contributed by atoms with Crippen LogP contribution in [0.2, 0.25) is 0 Å². The minimum Gasteiger partial charge on any atom is -0.490 e. The minimum atomic E-state index is 0. The SMILES string of the molecule is CCCCOCCNC(=NC)N1CCC(Oc2ccccc2)CC1.I. The van der Waals surface area contributed by atoms with Gasteiger partial charge in [-0.1, -0.05) is 31.5 Å². The molecule has 6 heteroatoms. The lowest BCUT2D eigenvalue weighted by Crippen LogP contribution is -2.48. The van der Waals surface area contributed by atoms with Crippen LogP contribution in [0.5, 0.6) is 5.75 Å². The first-order valence-electron chi connectivity index (χ1n) is 9.08. The van der Waals surface area contributed by atoms with Crippen molar-refractivity contribution in [3.05, 3.63) is 30.3 Å². The van der Waals surface area contributed by atoms with Crippen molar-refractivity contribution in [2.24, 2.45) is 4.99 Å². The molecule has 1 saturated heterocycles. The summed E-state index contributed by atoms with van der Waals surface area (Å²) in [6, 6.07) is 10.1. The van der Waals surface area contributed by atoms with E-state index in [1.807, 2.05) is 37.4 Å². The Morgan fingerprint density at radius 3 is 2.56 bits per heavy atom. The number of piperidine rings is 1. The van der Waals surface area contributed by atoms with Crippen LogP contribution in [0.4, 0.5) is 0 Å². The Labute approximate surface area is 169 Å². The quantitative estimate of drug-likeness (QED) is 0.279. The van der Waals surface area contributed by atoms with E-state index in [2.05, 4.69) is 22.1 Å². The fraction of sp³-hybridized carbons (Fsp3) is 0.632. The smallest absolute Gasteiger partial charge is 0.193 e. The van der Waals surface area contributed by atoms with E-state index in [4.69, 9.17) is 9.47 Å². The van der Waals surface area contributed by atoms with E-state index in [9.17, 15) is 0 Å². The van der Waals surface area contributed by atoms with E-state index in [1.54, 1.807) is 0 Å². The van der Waals surface area contributed by atoms with Crippen LogP contribution >= 0.6 is 24.0 Å². The van der Waals surface area contributed by atoms with E-state index >= 15 is 0 Å². The van der Waals surface area contributed by atoms with Gasteiger partial charge in [0.05, 0.1) is 6.61 Å². The molecule has 1 aliphatic rings. The molecule has 5 nitrogen and oxygen atoms in total. The number of likely N-dealkylation sites (tertiary alicyclic amines) is 1. The second-order valence-electron chi connectivity index (χ2n) is 6.06. The van der Waals surface area contributed by atoms with Gasteiger partial charge in [-0.3, -0.25) is 4.99 Å². The maximum Gasteiger partial charge on any atom is 0.193 e. The van der Waals surface area contributed by atoms with Crippen LogP contribution in [0.15, 0.2) is 35.3 Å². The lowest BCUT2D eigenvalue weighted by molar-refractivity contribution is 0.125. The third kappa shape index (κ3) is 8.27. The highest BCUT2D eigenvalue weighted by Crippen LogP contribution is 2.18. The molecule has 0 spiro atoms. The Bertz CT molecular complexity index is 477. The third-order valence-corrected chi connectivity index (χ3v) is 4.17.